The maximum atomic E-state index is 14.2. The summed E-state index contributed by atoms with van der Waals surface area (Å²) in [6, 6.07) is 17.4. The summed E-state index contributed by atoms with van der Waals surface area (Å²) in [5.74, 6) is -0.672. The molecular weight excluding hydrogens is 885 g/mol. The molecule has 0 aliphatic carbocycles. The van der Waals surface area contributed by atoms with Crippen LogP contribution in [0.4, 0.5) is 4.79 Å². The molecule has 3 aromatic heterocycles. The number of hydrogen-bond acceptors (Lipinski definition) is 15. The maximum Gasteiger partial charge on any atom is 0.410 e. The Morgan fingerprint density at radius 2 is 1.62 bits per heavy atom. The number of benzene rings is 3. The zero-order chi connectivity index (χ0) is 48.7. The van der Waals surface area contributed by atoms with Gasteiger partial charge in [0.1, 0.15) is 23.9 Å². The number of esters is 2. The number of aromatic hydroxyl groups is 3. The van der Waals surface area contributed by atoms with Crippen LogP contribution in [0, 0.1) is 0 Å². The van der Waals surface area contributed by atoms with Crippen LogP contribution in [0.25, 0.3) is 39.4 Å². The Labute approximate surface area is 398 Å². The van der Waals surface area contributed by atoms with Crippen molar-refractivity contribution < 1.29 is 43.9 Å². The molecule has 1 atom stereocenters. The van der Waals surface area contributed by atoms with Crippen LogP contribution in [0.3, 0.4) is 0 Å². The Morgan fingerprint density at radius 1 is 0.870 bits per heavy atom. The molecule has 18 heteroatoms. The topological polar surface area (TPSA) is 215 Å². The van der Waals surface area contributed by atoms with E-state index < -0.39 is 23.6 Å². The fourth-order valence-electron chi connectivity index (χ4n) is 9.89. The molecule has 6 heterocycles. The normalized spacial score (nSPS) is 16.7. The minimum Gasteiger partial charge on any atom is -0.508 e. The lowest BCUT2D eigenvalue weighted by atomic mass is 9.85. The molecule has 1 amide bonds. The molecule has 360 valence electrons. The molecule has 0 saturated carbocycles. The van der Waals surface area contributed by atoms with Crippen LogP contribution in [-0.2, 0) is 57.2 Å². The molecule has 18 nitrogen and oxygen atoms in total. The van der Waals surface area contributed by atoms with E-state index in [-0.39, 0.29) is 54.0 Å². The molecule has 3 aliphatic rings. The summed E-state index contributed by atoms with van der Waals surface area (Å²) in [5, 5.41) is 40.2. The average molecular weight is 941 g/mol. The minimum absolute atomic E-state index is 0.0110. The van der Waals surface area contributed by atoms with Gasteiger partial charge < -0.3 is 43.9 Å². The number of carbonyl (C=O) groups excluding carboxylic acids is 3. The van der Waals surface area contributed by atoms with Crippen molar-refractivity contribution in [3.05, 3.63) is 104 Å². The molecule has 0 spiro atoms. The first kappa shape index (κ1) is 46.8. The number of nitrogens with zero attached hydrogens (tertiary/aromatic N) is 8. The van der Waals surface area contributed by atoms with Gasteiger partial charge in [-0.3, -0.25) is 14.5 Å². The smallest absolute Gasteiger partial charge is 0.410 e. The quantitative estimate of drug-likeness (QED) is 0.0632. The SMILES string of the molecule is CCc1cc(-c2nnc(O)n2-c2ccc(CN3CCN(CCCCN(C)C(=O)OC4(CC)C(=O)OCc5c4cc4n(c5=O)Cc5c-4nc4ccc(OC(C)=O)cc4c5CC)CC3)cc2)c(O)cc1O. The molecule has 3 N–H and O–H groups in total. The van der Waals surface area contributed by atoms with Crippen molar-refractivity contribution in [1.29, 1.82) is 0 Å². The molecule has 6 aromatic rings. The van der Waals surface area contributed by atoms with Gasteiger partial charge in [0.05, 0.1) is 40.3 Å². The lowest BCUT2D eigenvalue weighted by Gasteiger charge is -2.36. The fourth-order valence-corrected chi connectivity index (χ4v) is 9.89. The van der Waals surface area contributed by atoms with Gasteiger partial charge >= 0.3 is 24.0 Å². The molecular formula is C51H56N8O10. The molecule has 3 aliphatic heterocycles. The Bertz CT molecular complexity index is 3050. The first-order valence-electron chi connectivity index (χ1n) is 23.5. The van der Waals surface area contributed by atoms with Crippen molar-refractivity contribution >= 4 is 28.9 Å². The number of amides is 1. The number of piperazine rings is 1. The predicted octanol–water partition coefficient (Wildman–Crippen LogP) is 6.17. The number of carbonyl (C=O) groups is 3. The largest absolute Gasteiger partial charge is 0.508 e. The van der Waals surface area contributed by atoms with Crippen LogP contribution < -0.4 is 10.3 Å². The molecule has 1 unspecified atom stereocenters. The van der Waals surface area contributed by atoms with Crippen LogP contribution in [0.1, 0.15) is 80.3 Å². The maximum absolute atomic E-state index is 14.2. The number of ether oxygens (including phenoxy) is 3. The van der Waals surface area contributed by atoms with E-state index in [9.17, 15) is 34.5 Å². The number of phenols is 2. The van der Waals surface area contributed by atoms with E-state index in [0.29, 0.717) is 70.8 Å². The van der Waals surface area contributed by atoms with E-state index in [0.717, 1.165) is 67.8 Å². The number of rotatable bonds is 14. The third-order valence-electron chi connectivity index (χ3n) is 13.7. The van der Waals surface area contributed by atoms with E-state index in [1.165, 1.54) is 22.5 Å². The van der Waals surface area contributed by atoms with Crippen LogP contribution in [0.15, 0.2) is 65.5 Å². The van der Waals surface area contributed by atoms with E-state index in [4.69, 9.17) is 19.2 Å². The highest BCUT2D eigenvalue weighted by molar-refractivity contribution is 5.91. The number of cyclic esters (lactones) is 1. The van der Waals surface area contributed by atoms with Crippen LogP contribution in [0.5, 0.6) is 23.3 Å². The Kier molecular flexibility index (Phi) is 12.9. The predicted molar refractivity (Wildman–Crippen MR) is 254 cm³/mol. The van der Waals surface area contributed by atoms with E-state index in [1.807, 2.05) is 38.1 Å². The number of fused-ring (bicyclic) bond motifs is 5. The Hall–Kier alpha value is -7.31. The monoisotopic (exact) mass is 940 g/mol. The number of phenolic OH excluding ortho intramolecular Hbond substituents is 2. The van der Waals surface area contributed by atoms with Gasteiger partial charge in [0.15, 0.2) is 5.82 Å². The summed E-state index contributed by atoms with van der Waals surface area (Å²) in [7, 11) is 1.64. The van der Waals surface area contributed by atoms with Gasteiger partial charge in [0.25, 0.3) is 5.56 Å². The molecule has 0 bridgehead atoms. The summed E-state index contributed by atoms with van der Waals surface area (Å²) < 4.78 is 20.2. The van der Waals surface area contributed by atoms with Gasteiger partial charge in [0.2, 0.25) is 5.60 Å². The molecule has 1 saturated heterocycles. The zero-order valence-electron chi connectivity index (χ0n) is 39.5. The minimum atomic E-state index is -1.83. The summed E-state index contributed by atoms with van der Waals surface area (Å²) in [4.78, 5) is 64.6. The van der Waals surface area contributed by atoms with E-state index in [2.05, 4.69) is 20.0 Å². The lowest BCUT2D eigenvalue weighted by Crippen LogP contribution is -2.49. The number of aryl methyl sites for hydroxylation is 2. The van der Waals surface area contributed by atoms with Crippen molar-refractivity contribution in [3.8, 4) is 51.7 Å². The molecule has 9 rings (SSSR count). The fraction of sp³-hybridized carbons (Fsp3) is 0.392. The first-order chi connectivity index (χ1) is 33.2. The third kappa shape index (κ3) is 8.74. The van der Waals surface area contributed by atoms with Crippen LogP contribution >= 0.6 is 0 Å². The van der Waals surface area contributed by atoms with Crippen LogP contribution in [-0.4, -0.2) is 119 Å². The second-order valence-corrected chi connectivity index (χ2v) is 17.9. The second kappa shape index (κ2) is 19.0. The lowest BCUT2D eigenvalue weighted by molar-refractivity contribution is -0.173. The molecule has 69 heavy (non-hydrogen) atoms. The highest BCUT2D eigenvalue weighted by Gasteiger charge is 2.51. The van der Waals surface area contributed by atoms with Gasteiger partial charge in [0, 0.05) is 75.8 Å². The summed E-state index contributed by atoms with van der Waals surface area (Å²) in [6.07, 6.45) is 2.10. The zero-order valence-corrected chi connectivity index (χ0v) is 39.5. The average Bonchev–Trinajstić information content (AvgIpc) is 3.91. The number of aromatic nitrogens is 5. The number of hydrogen-bond donors (Lipinski definition) is 3. The van der Waals surface area contributed by atoms with Crippen molar-refractivity contribution in [1.82, 2.24) is 39.0 Å². The van der Waals surface area contributed by atoms with Gasteiger partial charge in [-0.1, -0.05) is 38.0 Å². The van der Waals surface area contributed by atoms with Gasteiger partial charge in [-0.2, -0.15) is 0 Å². The van der Waals surface area contributed by atoms with E-state index in [1.54, 1.807) is 48.9 Å². The van der Waals surface area contributed by atoms with Crippen molar-refractivity contribution in [2.24, 2.45) is 0 Å². The van der Waals surface area contributed by atoms with E-state index >= 15 is 0 Å². The third-order valence-corrected chi connectivity index (χ3v) is 13.7. The van der Waals surface area contributed by atoms with Crippen LogP contribution in [0.2, 0.25) is 0 Å². The highest BCUT2D eigenvalue weighted by atomic mass is 16.6. The van der Waals surface area contributed by atoms with Gasteiger partial charge in [-0.05, 0) is 97.8 Å². The van der Waals surface area contributed by atoms with Crippen molar-refractivity contribution in [2.75, 3.05) is 46.3 Å². The van der Waals surface area contributed by atoms with Gasteiger partial charge in [-0.15, -0.1) is 5.10 Å². The number of unbranched alkanes of at least 4 members (excludes halogenated alkanes) is 1. The second-order valence-electron chi connectivity index (χ2n) is 17.9. The van der Waals surface area contributed by atoms with Gasteiger partial charge in [-0.25, -0.2) is 19.1 Å². The number of pyridine rings is 2. The highest BCUT2D eigenvalue weighted by Crippen LogP contribution is 2.43. The first-order valence-corrected chi connectivity index (χ1v) is 23.5. The Balaban J connectivity index is 0.793. The van der Waals surface area contributed by atoms with Crippen molar-refractivity contribution in [2.45, 2.75) is 85.1 Å². The Morgan fingerprint density at radius 3 is 2.33 bits per heavy atom. The summed E-state index contributed by atoms with van der Waals surface area (Å²) in [5.41, 5.74) is 4.77. The standard InChI is InChI=1S/C51H56N8O10/c1-6-32-23-37(44(62)26-43(32)61)46-53-54-49(65)59(46)33-13-11-31(12-14-33)27-57-21-19-56(20-22-57)18-10-9-17-55(5)50(66)69-51(8-3)40-25-42-45-38(28-58(42)47(63)39(40)29-67-48(51)64)35(7-2)36-24-34(68-30(4)60)15-16-41(36)52-45/h11-16,23-26,61-62H,6-10,17-22,27-29H2,1-5H3,(H,54,65). The van der Waals surface area contributed by atoms with Crippen molar-refractivity contribution in [3.63, 3.8) is 0 Å². The molecule has 0 radical (unpaired) electrons. The summed E-state index contributed by atoms with van der Waals surface area (Å²) >= 11 is 0. The molecule has 3 aromatic carbocycles. The molecule has 1 fully saturated rings. The summed E-state index contributed by atoms with van der Waals surface area (Å²) in [6.45, 7) is 12.6.